The second-order valence-electron chi connectivity index (χ2n) is 7.55. The third-order valence-corrected chi connectivity index (χ3v) is 7.74. The molecule has 0 unspecified atom stereocenters. The van der Waals surface area contributed by atoms with E-state index >= 15 is 0 Å². The minimum atomic E-state index is -1.13. The first-order chi connectivity index (χ1) is 14.2. The fourth-order valence-corrected chi connectivity index (χ4v) is 6.40. The lowest BCUT2D eigenvalue weighted by Crippen LogP contribution is -2.63. The van der Waals surface area contributed by atoms with Crippen molar-refractivity contribution < 1.29 is 19.8 Å². The van der Waals surface area contributed by atoms with Crippen LogP contribution in [0, 0.1) is 11.8 Å². The molecule has 4 rings (SSSR count). The summed E-state index contributed by atoms with van der Waals surface area (Å²) >= 11 is 3.02. The van der Waals surface area contributed by atoms with Crippen LogP contribution in [-0.4, -0.2) is 66.7 Å². The predicted octanol–water partition coefficient (Wildman–Crippen LogP) is 1.52. The molecule has 9 nitrogen and oxygen atoms in total. The van der Waals surface area contributed by atoms with E-state index in [0.29, 0.717) is 18.0 Å². The van der Waals surface area contributed by atoms with E-state index in [0.717, 1.165) is 20.5 Å². The number of hydrogen-bond donors (Lipinski definition) is 3. The van der Waals surface area contributed by atoms with Crippen molar-refractivity contribution in [3.63, 3.8) is 0 Å². The average molecular weight is 450 g/mol. The molecular formula is C19H23N5O4S2. The Kier molecular flexibility index (Phi) is 5.37. The molecule has 0 saturated carbocycles. The molecule has 4 atom stereocenters. The molecule has 0 bridgehead atoms. The Hall–Kier alpha value is -2.37. The summed E-state index contributed by atoms with van der Waals surface area (Å²) in [6.07, 6.45) is 2.75. The number of rotatable bonds is 7. The van der Waals surface area contributed by atoms with Gasteiger partial charge in [-0.3, -0.25) is 14.2 Å². The van der Waals surface area contributed by atoms with E-state index in [2.05, 4.69) is 9.98 Å². The Labute approximate surface area is 181 Å². The number of thiazole rings is 1. The number of aromatic nitrogens is 2. The predicted molar refractivity (Wildman–Crippen MR) is 115 cm³/mol. The lowest BCUT2D eigenvalue weighted by Gasteiger charge is -2.46. The van der Waals surface area contributed by atoms with Gasteiger partial charge in [-0.15, -0.1) is 23.1 Å². The summed E-state index contributed by atoms with van der Waals surface area (Å²) in [7, 11) is 0. The number of thioether (sulfide) groups is 1. The van der Waals surface area contributed by atoms with Gasteiger partial charge in [0.05, 0.1) is 35.3 Å². The minimum absolute atomic E-state index is 0.0221. The number of β-lactam (4-membered cyclic amide) rings is 1. The van der Waals surface area contributed by atoms with Crippen LogP contribution in [-0.2, 0) is 9.59 Å². The standard InChI is InChI=1S/C19H23N5O4S2/c1-8-12(15(19(27)28)24-14(8)13(9(2)25)17(24)26)11-6-23-7-22-16(18(23)30-11)29-5-4-21-10(3)20/h6-9,13-14,25H,4-5H2,1-3H3,(H2,20,21)(H,27,28)/t8-,9+,13+,14+/m0/s1. The molecule has 1 amide bonds. The molecule has 11 heteroatoms. The Balaban J connectivity index is 1.67. The Bertz CT molecular complexity index is 1080. The molecule has 4 heterocycles. The Morgan fingerprint density at radius 2 is 2.23 bits per heavy atom. The Morgan fingerprint density at radius 3 is 2.87 bits per heavy atom. The summed E-state index contributed by atoms with van der Waals surface area (Å²) in [5, 5.41) is 20.7. The number of aliphatic hydroxyl groups is 1. The van der Waals surface area contributed by atoms with Crippen molar-refractivity contribution in [3.05, 3.63) is 23.1 Å². The van der Waals surface area contributed by atoms with Crippen molar-refractivity contribution in [3.8, 4) is 0 Å². The minimum Gasteiger partial charge on any atom is -0.477 e. The average Bonchev–Trinajstić information content (AvgIpc) is 3.28. The van der Waals surface area contributed by atoms with Crippen molar-refractivity contribution in [2.45, 2.75) is 37.9 Å². The molecule has 2 aromatic rings. The third kappa shape index (κ3) is 3.21. The number of amidine groups is 1. The number of aliphatic carboxylic acids is 1. The van der Waals surface area contributed by atoms with Crippen LogP contribution >= 0.6 is 23.1 Å². The summed E-state index contributed by atoms with van der Waals surface area (Å²) in [5.41, 5.74) is 6.22. The van der Waals surface area contributed by atoms with Crippen molar-refractivity contribution in [2.75, 3.05) is 12.3 Å². The zero-order valence-electron chi connectivity index (χ0n) is 16.8. The van der Waals surface area contributed by atoms with E-state index in [1.165, 1.54) is 16.2 Å². The number of fused-ring (bicyclic) bond motifs is 2. The highest BCUT2D eigenvalue weighted by molar-refractivity contribution is 7.99. The molecule has 160 valence electrons. The number of carbonyl (C=O) groups excluding carboxylic acids is 1. The van der Waals surface area contributed by atoms with Gasteiger partial charge in [0.2, 0.25) is 5.91 Å². The highest BCUT2D eigenvalue weighted by Gasteiger charge is 2.60. The number of carboxylic acids is 1. The SMILES string of the molecule is CC(N)=NCCSc1ncn2cc(C3=C(C(=O)O)N4C(=O)[C@H]([C@@H](C)O)[C@H]4[C@H]3C)sc12. The van der Waals surface area contributed by atoms with Gasteiger partial charge in [-0.1, -0.05) is 6.92 Å². The third-order valence-electron chi connectivity index (χ3n) is 5.51. The molecular weight excluding hydrogens is 426 g/mol. The second-order valence-corrected chi connectivity index (χ2v) is 9.66. The topological polar surface area (TPSA) is 134 Å². The maximum absolute atomic E-state index is 12.5. The maximum Gasteiger partial charge on any atom is 0.352 e. The van der Waals surface area contributed by atoms with Crippen LogP contribution in [0.1, 0.15) is 25.6 Å². The molecule has 1 fully saturated rings. The van der Waals surface area contributed by atoms with Gasteiger partial charge in [0.1, 0.15) is 21.9 Å². The summed E-state index contributed by atoms with van der Waals surface area (Å²) in [6.45, 7) is 5.83. The number of carboxylic acid groups (broad SMARTS) is 1. The molecule has 1 saturated heterocycles. The van der Waals surface area contributed by atoms with Gasteiger partial charge in [-0.05, 0) is 13.8 Å². The van der Waals surface area contributed by atoms with Crippen LogP contribution in [0.2, 0.25) is 0 Å². The molecule has 2 aromatic heterocycles. The first-order valence-electron chi connectivity index (χ1n) is 9.57. The maximum atomic E-state index is 12.5. The number of nitrogens with zero attached hydrogens (tertiary/aromatic N) is 4. The molecule has 2 aliphatic rings. The lowest BCUT2D eigenvalue weighted by atomic mass is 9.77. The molecule has 30 heavy (non-hydrogen) atoms. The fraction of sp³-hybridized carbons (Fsp3) is 0.474. The van der Waals surface area contributed by atoms with Gasteiger partial charge < -0.3 is 20.8 Å². The van der Waals surface area contributed by atoms with Gasteiger partial charge in [0.25, 0.3) is 0 Å². The van der Waals surface area contributed by atoms with Crippen LogP contribution in [0.5, 0.6) is 0 Å². The van der Waals surface area contributed by atoms with E-state index in [1.807, 2.05) is 17.5 Å². The van der Waals surface area contributed by atoms with E-state index in [1.54, 1.807) is 31.9 Å². The molecule has 0 aliphatic carbocycles. The van der Waals surface area contributed by atoms with Gasteiger partial charge in [0.15, 0.2) is 0 Å². The molecule has 0 radical (unpaired) electrons. The normalized spacial score (nSPS) is 25.1. The van der Waals surface area contributed by atoms with E-state index in [9.17, 15) is 19.8 Å². The van der Waals surface area contributed by atoms with Crippen molar-refractivity contribution in [2.24, 2.45) is 22.6 Å². The zero-order chi connectivity index (χ0) is 21.7. The molecule has 0 spiro atoms. The monoisotopic (exact) mass is 449 g/mol. The summed E-state index contributed by atoms with van der Waals surface area (Å²) in [5.74, 6) is -0.945. The first kappa shape index (κ1) is 20.9. The number of aliphatic hydroxyl groups excluding tert-OH is 1. The Morgan fingerprint density at radius 1 is 1.50 bits per heavy atom. The molecule has 0 aromatic carbocycles. The number of amides is 1. The van der Waals surface area contributed by atoms with Crippen LogP contribution in [0.15, 0.2) is 28.2 Å². The quantitative estimate of drug-likeness (QED) is 0.192. The smallest absolute Gasteiger partial charge is 0.352 e. The highest BCUT2D eigenvalue weighted by atomic mass is 32.2. The molecule has 4 N–H and O–H groups in total. The number of aliphatic imine (C=N–C) groups is 1. The van der Waals surface area contributed by atoms with Gasteiger partial charge in [-0.25, -0.2) is 9.78 Å². The second kappa shape index (κ2) is 7.71. The first-order valence-corrected chi connectivity index (χ1v) is 11.4. The fourth-order valence-electron chi connectivity index (χ4n) is 4.26. The van der Waals surface area contributed by atoms with Crippen LogP contribution in [0.3, 0.4) is 0 Å². The van der Waals surface area contributed by atoms with E-state index in [-0.39, 0.29) is 23.6 Å². The lowest BCUT2D eigenvalue weighted by molar-refractivity contribution is -0.163. The summed E-state index contributed by atoms with van der Waals surface area (Å²) in [6, 6.07) is -0.329. The zero-order valence-corrected chi connectivity index (χ0v) is 18.4. The van der Waals surface area contributed by atoms with Crippen LogP contribution in [0.25, 0.3) is 10.4 Å². The number of hydrogen-bond acceptors (Lipinski definition) is 7. The number of carbonyl (C=O) groups is 2. The summed E-state index contributed by atoms with van der Waals surface area (Å²) < 4.78 is 1.88. The van der Waals surface area contributed by atoms with Gasteiger partial charge in [-0.2, -0.15) is 0 Å². The number of nitrogens with two attached hydrogens (primary N) is 1. The van der Waals surface area contributed by atoms with Crippen LogP contribution in [0.4, 0.5) is 0 Å². The van der Waals surface area contributed by atoms with Gasteiger partial charge >= 0.3 is 5.97 Å². The van der Waals surface area contributed by atoms with Crippen LogP contribution < -0.4 is 5.73 Å². The van der Waals surface area contributed by atoms with Crippen molar-refractivity contribution >= 4 is 51.2 Å². The largest absolute Gasteiger partial charge is 0.477 e. The highest BCUT2D eigenvalue weighted by Crippen LogP contribution is 2.51. The van der Waals surface area contributed by atoms with Crippen molar-refractivity contribution in [1.29, 1.82) is 0 Å². The molecule has 2 aliphatic heterocycles. The van der Waals surface area contributed by atoms with E-state index in [4.69, 9.17) is 5.73 Å². The van der Waals surface area contributed by atoms with Crippen molar-refractivity contribution in [1.82, 2.24) is 14.3 Å². The van der Waals surface area contributed by atoms with Gasteiger partial charge in [0, 0.05) is 23.4 Å². The van der Waals surface area contributed by atoms with E-state index < -0.39 is 18.0 Å². The summed E-state index contributed by atoms with van der Waals surface area (Å²) in [4.78, 5) is 36.2. The number of imidazole rings is 1.